The van der Waals surface area contributed by atoms with Crippen LogP contribution in [0.5, 0.6) is 11.5 Å². The Balaban J connectivity index is 2.28. The highest BCUT2D eigenvalue weighted by Crippen LogP contribution is 2.31. The average Bonchev–Trinajstić information content (AvgIpc) is 2.48. The number of nitro benzene ring substituents is 1. The Bertz CT molecular complexity index is 684. The largest absolute Gasteiger partial charge is 0.496 e. The smallest absolute Gasteiger partial charge is 0.343 e. The molecule has 0 spiro atoms. The van der Waals surface area contributed by atoms with E-state index in [1.165, 1.54) is 25.3 Å². The molecule has 0 heterocycles. The number of benzene rings is 2. The Morgan fingerprint density at radius 3 is 2.43 bits per heavy atom. The van der Waals surface area contributed by atoms with Gasteiger partial charge in [-0.25, -0.2) is 4.79 Å². The van der Waals surface area contributed by atoms with Crippen molar-refractivity contribution in [2.24, 2.45) is 0 Å². The van der Waals surface area contributed by atoms with Gasteiger partial charge in [0.25, 0.3) is 0 Å². The van der Waals surface area contributed by atoms with Gasteiger partial charge in [0.05, 0.1) is 23.7 Å². The second-order valence-corrected chi connectivity index (χ2v) is 4.90. The second kappa shape index (κ2) is 6.36. The number of nitro groups is 1. The molecule has 0 unspecified atom stereocenters. The van der Waals surface area contributed by atoms with E-state index in [-0.39, 0.29) is 11.4 Å². The molecular formula is C14H10BrNO5. The molecular weight excluding hydrogens is 342 g/mol. The molecule has 108 valence electrons. The predicted molar refractivity (Wildman–Crippen MR) is 78.7 cm³/mol. The quantitative estimate of drug-likeness (QED) is 0.364. The third kappa shape index (κ3) is 3.57. The summed E-state index contributed by atoms with van der Waals surface area (Å²) in [6.07, 6.45) is 0. The van der Waals surface area contributed by atoms with Gasteiger partial charge in [-0.1, -0.05) is 15.9 Å². The lowest BCUT2D eigenvalue weighted by atomic mass is 10.2. The highest BCUT2D eigenvalue weighted by Gasteiger charge is 2.20. The van der Waals surface area contributed by atoms with E-state index >= 15 is 0 Å². The van der Waals surface area contributed by atoms with Crippen molar-refractivity contribution in [3.05, 3.63) is 62.6 Å². The Labute approximate surface area is 128 Å². The van der Waals surface area contributed by atoms with Crippen LogP contribution in [-0.2, 0) is 0 Å². The maximum absolute atomic E-state index is 12.0. The van der Waals surface area contributed by atoms with Crippen molar-refractivity contribution in [2.75, 3.05) is 7.11 Å². The van der Waals surface area contributed by atoms with Crippen molar-refractivity contribution in [3.63, 3.8) is 0 Å². The fraction of sp³-hybridized carbons (Fsp3) is 0.0714. The predicted octanol–water partition coefficient (Wildman–Crippen LogP) is 3.59. The molecule has 2 rings (SSSR count). The fourth-order valence-corrected chi connectivity index (χ4v) is 1.86. The van der Waals surface area contributed by atoms with Crippen LogP contribution in [0.25, 0.3) is 0 Å². The average molecular weight is 352 g/mol. The minimum Gasteiger partial charge on any atom is -0.496 e. The molecule has 0 amide bonds. The number of carbonyl (C=O) groups is 1. The van der Waals surface area contributed by atoms with E-state index in [1.807, 2.05) is 0 Å². The lowest BCUT2D eigenvalue weighted by Crippen LogP contribution is -2.09. The van der Waals surface area contributed by atoms with Gasteiger partial charge in [-0.3, -0.25) is 10.1 Å². The molecule has 0 saturated carbocycles. The highest BCUT2D eigenvalue weighted by atomic mass is 79.9. The number of ether oxygens (including phenoxy) is 2. The van der Waals surface area contributed by atoms with Gasteiger partial charge in [0.15, 0.2) is 0 Å². The zero-order valence-electron chi connectivity index (χ0n) is 10.9. The monoisotopic (exact) mass is 351 g/mol. The van der Waals surface area contributed by atoms with E-state index in [1.54, 1.807) is 24.3 Å². The van der Waals surface area contributed by atoms with Gasteiger partial charge in [0, 0.05) is 4.47 Å². The highest BCUT2D eigenvalue weighted by molar-refractivity contribution is 9.10. The van der Waals surface area contributed by atoms with E-state index in [9.17, 15) is 14.9 Å². The third-order valence-electron chi connectivity index (χ3n) is 2.65. The number of methoxy groups -OCH3 is 1. The van der Waals surface area contributed by atoms with E-state index in [0.717, 1.165) is 4.47 Å². The second-order valence-electron chi connectivity index (χ2n) is 3.99. The van der Waals surface area contributed by atoms with Gasteiger partial charge in [0.2, 0.25) is 5.75 Å². The van der Waals surface area contributed by atoms with Crippen LogP contribution in [0.2, 0.25) is 0 Å². The number of rotatable bonds is 4. The first-order valence-electron chi connectivity index (χ1n) is 5.81. The SMILES string of the molecule is COc1ccc(OC(=O)c2ccc(Br)cc2)c([N+](=O)[O-])c1. The van der Waals surface area contributed by atoms with Gasteiger partial charge in [-0.05, 0) is 36.4 Å². The van der Waals surface area contributed by atoms with Gasteiger partial charge >= 0.3 is 11.7 Å². The Morgan fingerprint density at radius 2 is 1.86 bits per heavy atom. The molecule has 0 aromatic heterocycles. The van der Waals surface area contributed by atoms with Crippen LogP contribution >= 0.6 is 15.9 Å². The van der Waals surface area contributed by atoms with Crippen molar-refractivity contribution in [1.82, 2.24) is 0 Å². The summed E-state index contributed by atoms with van der Waals surface area (Å²) in [5.74, 6) is -0.491. The van der Waals surface area contributed by atoms with Crippen LogP contribution in [0.4, 0.5) is 5.69 Å². The number of hydrogen-bond donors (Lipinski definition) is 0. The van der Waals surface area contributed by atoms with Crippen LogP contribution in [0.3, 0.4) is 0 Å². The molecule has 0 saturated heterocycles. The summed E-state index contributed by atoms with van der Waals surface area (Å²) in [4.78, 5) is 22.3. The summed E-state index contributed by atoms with van der Waals surface area (Å²) in [5, 5.41) is 11.0. The van der Waals surface area contributed by atoms with E-state index in [4.69, 9.17) is 9.47 Å². The molecule has 0 N–H and O–H groups in total. The first-order valence-corrected chi connectivity index (χ1v) is 6.60. The number of halogens is 1. The molecule has 0 aliphatic rings. The van der Waals surface area contributed by atoms with Gasteiger partial charge in [-0.15, -0.1) is 0 Å². The normalized spacial score (nSPS) is 10.0. The van der Waals surface area contributed by atoms with Gasteiger partial charge in [-0.2, -0.15) is 0 Å². The van der Waals surface area contributed by atoms with E-state index < -0.39 is 10.9 Å². The first-order chi connectivity index (χ1) is 10.0. The summed E-state index contributed by atoms with van der Waals surface area (Å²) in [5.41, 5.74) is -0.0388. The van der Waals surface area contributed by atoms with Crippen molar-refractivity contribution in [3.8, 4) is 11.5 Å². The summed E-state index contributed by atoms with van der Waals surface area (Å²) in [6.45, 7) is 0. The molecule has 2 aromatic rings. The Hall–Kier alpha value is -2.41. The summed E-state index contributed by atoms with van der Waals surface area (Å²) in [7, 11) is 1.40. The zero-order chi connectivity index (χ0) is 15.4. The first kappa shape index (κ1) is 15.0. The van der Waals surface area contributed by atoms with Crippen molar-refractivity contribution in [1.29, 1.82) is 0 Å². The number of nitrogens with zero attached hydrogens (tertiary/aromatic N) is 1. The van der Waals surface area contributed by atoms with Crippen LogP contribution in [0.15, 0.2) is 46.9 Å². The number of hydrogen-bond acceptors (Lipinski definition) is 5. The molecule has 0 fully saturated rings. The van der Waals surface area contributed by atoms with Crippen LogP contribution in [0.1, 0.15) is 10.4 Å². The van der Waals surface area contributed by atoms with Crippen molar-refractivity contribution in [2.45, 2.75) is 0 Å². The summed E-state index contributed by atoms with van der Waals surface area (Å²) < 4.78 is 10.8. The minimum absolute atomic E-state index is 0.131. The Kier molecular flexibility index (Phi) is 4.54. The summed E-state index contributed by atoms with van der Waals surface area (Å²) >= 11 is 3.25. The number of carbonyl (C=O) groups excluding carboxylic acids is 1. The zero-order valence-corrected chi connectivity index (χ0v) is 12.5. The third-order valence-corrected chi connectivity index (χ3v) is 3.17. The number of esters is 1. The Morgan fingerprint density at radius 1 is 1.19 bits per heavy atom. The molecule has 6 nitrogen and oxygen atoms in total. The molecule has 21 heavy (non-hydrogen) atoms. The molecule has 0 aliphatic heterocycles. The van der Waals surface area contributed by atoms with Crippen LogP contribution < -0.4 is 9.47 Å². The lowest BCUT2D eigenvalue weighted by Gasteiger charge is -2.06. The fourth-order valence-electron chi connectivity index (χ4n) is 1.60. The van der Waals surface area contributed by atoms with Crippen LogP contribution in [-0.4, -0.2) is 18.0 Å². The topological polar surface area (TPSA) is 78.7 Å². The summed E-state index contributed by atoms with van der Waals surface area (Å²) in [6, 6.07) is 10.5. The van der Waals surface area contributed by atoms with E-state index in [0.29, 0.717) is 11.3 Å². The molecule has 0 radical (unpaired) electrons. The van der Waals surface area contributed by atoms with Crippen LogP contribution in [0, 0.1) is 10.1 Å². The lowest BCUT2D eigenvalue weighted by molar-refractivity contribution is -0.385. The van der Waals surface area contributed by atoms with Gasteiger partial charge < -0.3 is 9.47 Å². The van der Waals surface area contributed by atoms with E-state index in [2.05, 4.69) is 15.9 Å². The standard InChI is InChI=1S/C14H10BrNO5/c1-20-11-6-7-13(12(8-11)16(18)19)21-14(17)9-2-4-10(15)5-3-9/h2-8H,1H3. The van der Waals surface area contributed by atoms with Crippen molar-refractivity contribution >= 4 is 27.6 Å². The van der Waals surface area contributed by atoms with Crippen molar-refractivity contribution < 1.29 is 19.2 Å². The maximum Gasteiger partial charge on any atom is 0.343 e. The molecule has 0 aliphatic carbocycles. The molecule has 2 aromatic carbocycles. The minimum atomic E-state index is -0.671. The maximum atomic E-state index is 12.0. The molecule has 0 atom stereocenters. The van der Waals surface area contributed by atoms with Gasteiger partial charge in [0.1, 0.15) is 5.75 Å². The molecule has 0 bridgehead atoms. The molecule has 7 heteroatoms.